The highest BCUT2D eigenvalue weighted by molar-refractivity contribution is 6.31. The van der Waals surface area contributed by atoms with Gasteiger partial charge in [-0.1, -0.05) is 11.6 Å². The molecule has 7 heteroatoms. The first-order valence-electron chi connectivity index (χ1n) is 6.00. The van der Waals surface area contributed by atoms with Gasteiger partial charge in [-0.2, -0.15) is 0 Å². The van der Waals surface area contributed by atoms with Crippen molar-refractivity contribution in [2.75, 3.05) is 11.9 Å². The number of nitro benzene ring substituents is 1. The van der Waals surface area contributed by atoms with Gasteiger partial charge in [0.05, 0.1) is 22.1 Å². The molecule has 1 fully saturated rings. The van der Waals surface area contributed by atoms with Crippen molar-refractivity contribution in [3.63, 3.8) is 0 Å². The lowest BCUT2D eigenvalue weighted by Crippen LogP contribution is -2.30. The zero-order valence-electron chi connectivity index (χ0n) is 10.4. The van der Waals surface area contributed by atoms with E-state index in [0.717, 1.165) is 18.9 Å². The van der Waals surface area contributed by atoms with E-state index in [0.29, 0.717) is 6.61 Å². The number of halogens is 2. The number of nitrogens with zero attached hydrogens (tertiary/aromatic N) is 1. The third kappa shape index (κ3) is 3.13. The molecule has 2 rings (SSSR count). The summed E-state index contributed by atoms with van der Waals surface area (Å²) < 4.78 is 18.8. The van der Waals surface area contributed by atoms with Crippen LogP contribution in [-0.2, 0) is 4.74 Å². The summed E-state index contributed by atoms with van der Waals surface area (Å²) in [6, 6.07) is 1.95. The number of nitrogens with one attached hydrogen (secondary N) is 1. The van der Waals surface area contributed by atoms with Crippen LogP contribution in [0.2, 0.25) is 5.02 Å². The Morgan fingerprint density at radius 3 is 2.95 bits per heavy atom. The third-order valence-corrected chi connectivity index (χ3v) is 3.43. The van der Waals surface area contributed by atoms with Crippen LogP contribution in [0.25, 0.3) is 0 Å². The Bertz CT molecular complexity index is 492. The second kappa shape index (κ2) is 5.71. The number of hydrogen-bond donors (Lipinski definition) is 1. The second-order valence-corrected chi connectivity index (χ2v) is 4.93. The van der Waals surface area contributed by atoms with Crippen LogP contribution in [0.4, 0.5) is 15.8 Å². The lowest BCUT2D eigenvalue weighted by molar-refractivity contribution is -0.384. The maximum atomic E-state index is 13.3. The van der Waals surface area contributed by atoms with Crippen molar-refractivity contribution in [3.05, 3.63) is 33.1 Å². The van der Waals surface area contributed by atoms with Crippen LogP contribution in [0.5, 0.6) is 0 Å². The topological polar surface area (TPSA) is 64.4 Å². The summed E-state index contributed by atoms with van der Waals surface area (Å²) >= 11 is 5.66. The summed E-state index contributed by atoms with van der Waals surface area (Å²) in [5.74, 6) is -0.802. The molecule has 1 aliphatic heterocycles. The first-order valence-corrected chi connectivity index (χ1v) is 6.38. The van der Waals surface area contributed by atoms with Crippen LogP contribution in [0.3, 0.4) is 0 Å². The third-order valence-electron chi connectivity index (χ3n) is 3.14. The van der Waals surface area contributed by atoms with E-state index < -0.39 is 10.7 Å². The maximum Gasteiger partial charge on any atom is 0.295 e. The van der Waals surface area contributed by atoms with Crippen LogP contribution in [0.15, 0.2) is 12.1 Å². The molecule has 5 nitrogen and oxygen atoms in total. The average Bonchev–Trinajstić information content (AvgIpc) is 2.86. The number of ether oxygens (including phenoxy) is 1. The van der Waals surface area contributed by atoms with E-state index in [-0.39, 0.29) is 28.5 Å². The molecule has 2 unspecified atom stereocenters. The molecule has 1 aromatic rings. The molecule has 19 heavy (non-hydrogen) atoms. The molecule has 0 bridgehead atoms. The van der Waals surface area contributed by atoms with Gasteiger partial charge in [-0.25, -0.2) is 4.39 Å². The van der Waals surface area contributed by atoms with Crippen molar-refractivity contribution < 1.29 is 14.1 Å². The van der Waals surface area contributed by atoms with Gasteiger partial charge >= 0.3 is 0 Å². The standard InChI is InChI=1S/C12H14ClFN2O3/c1-7(12-3-2-4-19-12)15-10-5-8(13)9(14)6-11(10)16(17)18/h5-7,12,15H,2-4H2,1H3. The Morgan fingerprint density at radius 2 is 2.37 bits per heavy atom. The van der Waals surface area contributed by atoms with Gasteiger partial charge in [-0.05, 0) is 25.8 Å². The summed E-state index contributed by atoms with van der Waals surface area (Å²) in [5, 5.41) is 13.8. The van der Waals surface area contributed by atoms with Crippen molar-refractivity contribution in [3.8, 4) is 0 Å². The van der Waals surface area contributed by atoms with Gasteiger partial charge in [0.2, 0.25) is 0 Å². The Kier molecular flexibility index (Phi) is 4.21. The fourth-order valence-electron chi connectivity index (χ4n) is 2.14. The smallest absolute Gasteiger partial charge is 0.295 e. The van der Waals surface area contributed by atoms with Gasteiger partial charge in [0, 0.05) is 12.6 Å². The highest BCUT2D eigenvalue weighted by Gasteiger charge is 2.25. The molecular weight excluding hydrogens is 275 g/mol. The molecule has 1 aromatic carbocycles. The van der Waals surface area contributed by atoms with Gasteiger partial charge in [0.15, 0.2) is 0 Å². The molecule has 2 atom stereocenters. The average molecular weight is 289 g/mol. The number of rotatable bonds is 4. The Hall–Kier alpha value is -1.40. The van der Waals surface area contributed by atoms with E-state index >= 15 is 0 Å². The Balaban J connectivity index is 2.22. The number of benzene rings is 1. The van der Waals surface area contributed by atoms with Crippen LogP contribution >= 0.6 is 11.6 Å². The zero-order valence-corrected chi connectivity index (χ0v) is 11.1. The van der Waals surface area contributed by atoms with E-state index in [2.05, 4.69) is 5.32 Å². The van der Waals surface area contributed by atoms with Gasteiger partial charge in [0.25, 0.3) is 5.69 Å². The van der Waals surface area contributed by atoms with E-state index in [1.165, 1.54) is 6.07 Å². The van der Waals surface area contributed by atoms with Crippen molar-refractivity contribution in [1.82, 2.24) is 0 Å². The lowest BCUT2D eigenvalue weighted by atomic mass is 10.1. The van der Waals surface area contributed by atoms with Gasteiger partial charge in [-0.15, -0.1) is 0 Å². The number of hydrogen-bond acceptors (Lipinski definition) is 4. The molecule has 1 saturated heterocycles. The largest absolute Gasteiger partial charge is 0.376 e. The van der Waals surface area contributed by atoms with Crippen LogP contribution in [0, 0.1) is 15.9 Å². The minimum Gasteiger partial charge on any atom is -0.376 e. The van der Waals surface area contributed by atoms with Crippen LogP contribution < -0.4 is 5.32 Å². The van der Waals surface area contributed by atoms with Gasteiger partial charge in [-0.3, -0.25) is 10.1 Å². The summed E-state index contributed by atoms with van der Waals surface area (Å²) in [4.78, 5) is 10.3. The normalized spacial score (nSPS) is 20.3. The summed E-state index contributed by atoms with van der Waals surface area (Å²) in [5.41, 5.74) is -0.119. The first-order chi connectivity index (χ1) is 8.99. The van der Waals surface area contributed by atoms with Crippen molar-refractivity contribution >= 4 is 23.0 Å². The van der Waals surface area contributed by atoms with Crippen molar-refractivity contribution in [2.24, 2.45) is 0 Å². The van der Waals surface area contributed by atoms with E-state index in [4.69, 9.17) is 16.3 Å². The van der Waals surface area contributed by atoms with E-state index in [1.54, 1.807) is 0 Å². The van der Waals surface area contributed by atoms with Crippen LogP contribution in [0.1, 0.15) is 19.8 Å². The second-order valence-electron chi connectivity index (χ2n) is 4.53. The molecule has 0 aliphatic carbocycles. The molecule has 0 saturated carbocycles. The summed E-state index contributed by atoms with van der Waals surface area (Å²) in [7, 11) is 0. The quantitative estimate of drug-likeness (QED) is 0.681. The SMILES string of the molecule is CC(Nc1cc(Cl)c(F)cc1[N+](=O)[O-])C1CCCO1. The predicted molar refractivity (Wildman–Crippen MR) is 70.1 cm³/mol. The molecule has 1 aliphatic rings. The van der Waals surface area contributed by atoms with E-state index in [9.17, 15) is 14.5 Å². The van der Waals surface area contributed by atoms with Gasteiger partial charge < -0.3 is 10.1 Å². The maximum absolute atomic E-state index is 13.3. The Morgan fingerprint density at radius 1 is 1.63 bits per heavy atom. The highest BCUT2D eigenvalue weighted by atomic mass is 35.5. The fraction of sp³-hybridized carbons (Fsp3) is 0.500. The highest BCUT2D eigenvalue weighted by Crippen LogP contribution is 2.31. The monoisotopic (exact) mass is 288 g/mol. The first kappa shape index (κ1) is 14.0. The molecule has 1 N–H and O–H groups in total. The fourth-order valence-corrected chi connectivity index (χ4v) is 2.30. The molecule has 0 amide bonds. The molecule has 1 heterocycles. The minimum atomic E-state index is -0.802. The summed E-state index contributed by atoms with van der Waals surface area (Å²) in [6.07, 6.45) is 1.88. The molecular formula is C12H14ClFN2O3. The van der Waals surface area contributed by atoms with Gasteiger partial charge in [0.1, 0.15) is 11.5 Å². The number of anilines is 1. The van der Waals surface area contributed by atoms with E-state index in [1.807, 2.05) is 6.92 Å². The molecule has 104 valence electrons. The van der Waals surface area contributed by atoms with Crippen molar-refractivity contribution in [1.29, 1.82) is 0 Å². The van der Waals surface area contributed by atoms with Crippen molar-refractivity contribution in [2.45, 2.75) is 31.9 Å². The molecule has 0 spiro atoms. The lowest BCUT2D eigenvalue weighted by Gasteiger charge is -2.21. The zero-order chi connectivity index (χ0) is 14.0. The Labute approximate surface area is 114 Å². The predicted octanol–water partition coefficient (Wildman–Crippen LogP) is 3.37. The van der Waals surface area contributed by atoms with Crippen LogP contribution in [-0.4, -0.2) is 23.7 Å². The number of nitro groups is 1. The summed E-state index contributed by atoms with van der Waals surface area (Å²) in [6.45, 7) is 2.57. The minimum absolute atomic E-state index is 0.00318. The molecule has 0 radical (unpaired) electrons. The molecule has 0 aromatic heterocycles.